The van der Waals surface area contributed by atoms with Crippen LogP contribution in [0.15, 0.2) is 66.9 Å². The Hall–Kier alpha value is -3.87. The topological polar surface area (TPSA) is 83.0 Å². The number of aromatic carboxylic acids is 1. The molecule has 0 bridgehead atoms. The first kappa shape index (κ1) is 20.1. The third kappa shape index (κ3) is 3.66. The second-order valence-corrected chi connectivity index (χ2v) is 7.98. The fraction of sp³-hybridized carbons (Fsp3) is 0.240. The number of nitrogens with zero attached hydrogens (tertiary/aromatic N) is 3. The number of carboxylic acid groups (broad SMARTS) is 1. The maximum absolute atomic E-state index is 12.8. The van der Waals surface area contributed by atoms with Crippen molar-refractivity contribution in [2.75, 3.05) is 37.7 Å². The molecule has 0 saturated carbocycles. The van der Waals surface area contributed by atoms with Gasteiger partial charge in [-0.15, -0.1) is 0 Å². The van der Waals surface area contributed by atoms with Crippen LogP contribution in [0.4, 0.5) is 10.5 Å². The lowest BCUT2D eigenvalue weighted by atomic mass is 9.98. The molecule has 162 valence electrons. The summed E-state index contributed by atoms with van der Waals surface area (Å²) in [5.41, 5.74) is 5.61. The van der Waals surface area contributed by atoms with Gasteiger partial charge in [-0.3, -0.25) is 0 Å². The maximum atomic E-state index is 12.8. The van der Waals surface area contributed by atoms with E-state index in [4.69, 9.17) is 9.84 Å². The quantitative estimate of drug-likeness (QED) is 0.678. The number of ether oxygens (including phenoxy) is 1. The number of hydrogen-bond donors (Lipinski definition) is 1. The fourth-order valence-corrected chi connectivity index (χ4v) is 4.57. The number of aromatic nitrogens is 1. The second-order valence-electron chi connectivity index (χ2n) is 7.98. The minimum atomic E-state index is -1.05. The largest absolute Gasteiger partial charge is 0.477 e. The van der Waals surface area contributed by atoms with Crippen molar-refractivity contribution >= 4 is 17.7 Å². The van der Waals surface area contributed by atoms with Gasteiger partial charge in [-0.05, 0) is 34.4 Å². The van der Waals surface area contributed by atoms with E-state index in [2.05, 4.69) is 34.1 Å². The molecule has 1 aliphatic carbocycles. The molecule has 2 heterocycles. The number of benzene rings is 2. The highest BCUT2D eigenvalue weighted by molar-refractivity contribution is 5.86. The number of amides is 1. The van der Waals surface area contributed by atoms with Crippen LogP contribution in [-0.2, 0) is 4.74 Å². The van der Waals surface area contributed by atoms with Crippen molar-refractivity contribution in [3.05, 3.63) is 83.7 Å². The Morgan fingerprint density at radius 3 is 2.19 bits per heavy atom. The van der Waals surface area contributed by atoms with Crippen LogP contribution in [0.25, 0.3) is 11.1 Å². The summed E-state index contributed by atoms with van der Waals surface area (Å²) in [6.07, 6.45) is 1.18. The van der Waals surface area contributed by atoms with Gasteiger partial charge in [0, 0.05) is 44.0 Å². The first-order chi connectivity index (χ1) is 15.6. The van der Waals surface area contributed by atoms with Crippen molar-refractivity contribution in [1.29, 1.82) is 0 Å². The van der Waals surface area contributed by atoms with Crippen LogP contribution in [-0.4, -0.2) is 59.8 Å². The molecule has 1 fully saturated rings. The van der Waals surface area contributed by atoms with Crippen molar-refractivity contribution in [3.63, 3.8) is 0 Å². The van der Waals surface area contributed by atoms with E-state index in [1.54, 1.807) is 17.0 Å². The van der Waals surface area contributed by atoms with Gasteiger partial charge in [-0.2, -0.15) is 0 Å². The smallest absolute Gasteiger partial charge is 0.409 e. The van der Waals surface area contributed by atoms with Gasteiger partial charge in [-0.25, -0.2) is 14.6 Å². The lowest BCUT2D eigenvalue weighted by Crippen LogP contribution is -2.49. The Balaban J connectivity index is 1.21. The third-order valence-electron chi connectivity index (χ3n) is 6.20. The number of pyridine rings is 1. The lowest BCUT2D eigenvalue weighted by Gasteiger charge is -2.35. The number of fused-ring (bicyclic) bond motifs is 3. The van der Waals surface area contributed by atoms with E-state index in [1.807, 2.05) is 24.3 Å². The summed E-state index contributed by atoms with van der Waals surface area (Å²) in [5, 5.41) is 9.14. The monoisotopic (exact) mass is 429 g/mol. The minimum absolute atomic E-state index is 0.0152. The summed E-state index contributed by atoms with van der Waals surface area (Å²) >= 11 is 0. The number of hydrogen-bond acceptors (Lipinski definition) is 5. The number of anilines is 1. The molecule has 0 radical (unpaired) electrons. The van der Waals surface area contributed by atoms with Crippen molar-refractivity contribution < 1.29 is 19.4 Å². The van der Waals surface area contributed by atoms with Crippen LogP contribution in [0.5, 0.6) is 0 Å². The molecule has 2 aromatic carbocycles. The van der Waals surface area contributed by atoms with Gasteiger partial charge in [0.15, 0.2) is 0 Å². The SMILES string of the molecule is O=C(O)c1cc(N2CCN(C(=O)OCC3c4ccccc4-c4ccccc43)CC2)ccn1. The number of rotatable bonds is 4. The van der Waals surface area contributed by atoms with Crippen LogP contribution in [0, 0.1) is 0 Å². The standard InChI is InChI=1S/C25H23N3O4/c29-24(30)23-15-17(9-10-26-23)27-11-13-28(14-12-27)25(31)32-16-22-20-7-3-1-5-18(20)19-6-2-4-8-21(19)22/h1-10,15,22H,11-14,16H2,(H,29,30). The Bertz CT molecular complexity index is 1130. The van der Waals surface area contributed by atoms with Crippen molar-refractivity contribution in [2.45, 2.75) is 5.92 Å². The number of carbonyl (C=O) groups excluding carboxylic acids is 1. The van der Waals surface area contributed by atoms with E-state index in [1.165, 1.54) is 28.5 Å². The van der Waals surface area contributed by atoms with Gasteiger partial charge in [0.1, 0.15) is 12.3 Å². The van der Waals surface area contributed by atoms with Crippen LogP contribution >= 0.6 is 0 Å². The molecule has 5 rings (SSSR count). The summed E-state index contributed by atoms with van der Waals surface area (Å²) in [7, 11) is 0. The highest BCUT2D eigenvalue weighted by atomic mass is 16.6. The van der Waals surface area contributed by atoms with Gasteiger partial charge in [0.25, 0.3) is 0 Å². The van der Waals surface area contributed by atoms with Gasteiger partial charge < -0.3 is 19.6 Å². The van der Waals surface area contributed by atoms with Gasteiger partial charge in [-0.1, -0.05) is 48.5 Å². The molecule has 1 amide bonds. The summed E-state index contributed by atoms with van der Waals surface area (Å²) in [5.74, 6) is -1.01. The highest BCUT2D eigenvalue weighted by Crippen LogP contribution is 2.44. The molecule has 1 aliphatic heterocycles. The highest BCUT2D eigenvalue weighted by Gasteiger charge is 2.30. The zero-order valence-electron chi connectivity index (χ0n) is 17.5. The molecule has 7 heteroatoms. The molecule has 1 N–H and O–H groups in total. The molecule has 1 saturated heterocycles. The Morgan fingerprint density at radius 1 is 0.938 bits per heavy atom. The van der Waals surface area contributed by atoms with Crippen molar-refractivity contribution in [3.8, 4) is 11.1 Å². The van der Waals surface area contributed by atoms with Gasteiger partial charge >= 0.3 is 12.1 Å². The average molecular weight is 429 g/mol. The fourth-order valence-electron chi connectivity index (χ4n) is 4.57. The first-order valence-electron chi connectivity index (χ1n) is 10.7. The Morgan fingerprint density at radius 2 is 1.56 bits per heavy atom. The molecule has 0 atom stereocenters. The third-order valence-corrected chi connectivity index (χ3v) is 6.20. The zero-order chi connectivity index (χ0) is 22.1. The average Bonchev–Trinajstić information content (AvgIpc) is 3.16. The normalized spacial score (nSPS) is 15.2. The minimum Gasteiger partial charge on any atom is -0.477 e. The Labute approximate surface area is 185 Å². The summed E-state index contributed by atoms with van der Waals surface area (Å²) in [6.45, 7) is 2.54. The predicted molar refractivity (Wildman–Crippen MR) is 120 cm³/mol. The Kier molecular flexibility index (Phi) is 5.23. The predicted octanol–water partition coefficient (Wildman–Crippen LogP) is 3.85. The first-order valence-corrected chi connectivity index (χ1v) is 10.7. The van der Waals surface area contributed by atoms with Gasteiger partial charge in [0.2, 0.25) is 0 Å². The van der Waals surface area contributed by atoms with E-state index < -0.39 is 5.97 Å². The van der Waals surface area contributed by atoms with E-state index >= 15 is 0 Å². The second kappa shape index (κ2) is 8.34. The number of piperazine rings is 1. The maximum Gasteiger partial charge on any atom is 0.409 e. The van der Waals surface area contributed by atoms with Crippen LogP contribution in [0.2, 0.25) is 0 Å². The van der Waals surface area contributed by atoms with Gasteiger partial charge in [0.05, 0.1) is 0 Å². The van der Waals surface area contributed by atoms with E-state index in [-0.39, 0.29) is 17.7 Å². The molecular weight excluding hydrogens is 406 g/mol. The summed E-state index contributed by atoms with van der Waals surface area (Å²) in [6, 6.07) is 19.9. The van der Waals surface area contributed by atoms with E-state index in [9.17, 15) is 9.59 Å². The van der Waals surface area contributed by atoms with Crippen molar-refractivity contribution in [1.82, 2.24) is 9.88 Å². The molecule has 0 unspecified atom stereocenters. The molecule has 3 aromatic rings. The number of carbonyl (C=O) groups is 2. The van der Waals surface area contributed by atoms with Crippen LogP contribution in [0.1, 0.15) is 27.5 Å². The molecule has 7 nitrogen and oxygen atoms in total. The number of carboxylic acids is 1. The van der Waals surface area contributed by atoms with Crippen molar-refractivity contribution in [2.24, 2.45) is 0 Å². The molecule has 0 spiro atoms. The van der Waals surface area contributed by atoms with Crippen LogP contribution < -0.4 is 4.90 Å². The summed E-state index contributed by atoms with van der Waals surface area (Å²) in [4.78, 5) is 31.6. The molecule has 1 aromatic heterocycles. The van der Waals surface area contributed by atoms with Crippen LogP contribution in [0.3, 0.4) is 0 Å². The van der Waals surface area contributed by atoms with E-state index in [0.29, 0.717) is 32.8 Å². The van der Waals surface area contributed by atoms with E-state index in [0.717, 1.165) is 5.69 Å². The molecule has 32 heavy (non-hydrogen) atoms. The zero-order valence-corrected chi connectivity index (χ0v) is 17.5. The molecular formula is C25H23N3O4. The lowest BCUT2D eigenvalue weighted by molar-refractivity contribution is 0.0690. The molecule has 2 aliphatic rings. The summed E-state index contributed by atoms with van der Waals surface area (Å²) < 4.78 is 5.75.